The molecule has 2 rings (SSSR count). The van der Waals surface area contributed by atoms with Gasteiger partial charge in [0.1, 0.15) is 17.3 Å². The third-order valence-corrected chi connectivity index (χ3v) is 2.74. The highest BCUT2D eigenvalue weighted by atomic mass is 19.1. The van der Waals surface area contributed by atoms with Gasteiger partial charge in [-0.05, 0) is 19.1 Å². The molecule has 2 aromatic carbocycles. The van der Waals surface area contributed by atoms with Crippen LogP contribution in [0.15, 0.2) is 36.4 Å². The predicted molar refractivity (Wildman–Crippen MR) is 78.3 cm³/mol. The number of ether oxygens (including phenoxy) is 2. The smallest absolute Gasteiger partial charge is 0.148 e. The van der Waals surface area contributed by atoms with E-state index in [1.165, 1.54) is 19.2 Å². The van der Waals surface area contributed by atoms with Crippen molar-refractivity contribution in [3.05, 3.63) is 42.2 Å². The molecule has 3 N–H and O–H groups in total. The summed E-state index contributed by atoms with van der Waals surface area (Å²) in [6.45, 7) is 2.48. The van der Waals surface area contributed by atoms with Crippen LogP contribution >= 0.6 is 0 Å². The number of nitrogens with two attached hydrogens (primary N) is 1. The predicted octanol–water partition coefficient (Wildman–Crippen LogP) is 3.56. The zero-order valence-corrected chi connectivity index (χ0v) is 11.4. The van der Waals surface area contributed by atoms with E-state index in [-0.39, 0.29) is 5.69 Å². The van der Waals surface area contributed by atoms with Crippen LogP contribution in [0.3, 0.4) is 0 Å². The second-order valence-corrected chi connectivity index (χ2v) is 4.16. The molecule has 0 unspecified atom stereocenters. The molecule has 0 atom stereocenters. The minimum Gasteiger partial charge on any atom is -0.495 e. The summed E-state index contributed by atoms with van der Waals surface area (Å²) < 4.78 is 24.4. The summed E-state index contributed by atoms with van der Waals surface area (Å²) in [4.78, 5) is 0. The van der Waals surface area contributed by atoms with Crippen molar-refractivity contribution in [3.63, 3.8) is 0 Å². The molecular formula is C15H17FN2O2. The number of nitrogen functional groups attached to an aromatic ring is 1. The molecule has 0 saturated heterocycles. The van der Waals surface area contributed by atoms with Crippen LogP contribution in [0, 0.1) is 5.82 Å². The first-order chi connectivity index (χ1) is 9.63. The summed E-state index contributed by atoms with van der Waals surface area (Å²) >= 11 is 0. The summed E-state index contributed by atoms with van der Waals surface area (Å²) in [7, 11) is 1.49. The van der Waals surface area contributed by atoms with E-state index < -0.39 is 5.82 Å². The van der Waals surface area contributed by atoms with Gasteiger partial charge < -0.3 is 20.5 Å². The molecular weight excluding hydrogens is 259 g/mol. The first kappa shape index (κ1) is 14.0. The fraction of sp³-hybridized carbons (Fsp3) is 0.200. The molecule has 0 aliphatic carbocycles. The molecule has 0 spiro atoms. The van der Waals surface area contributed by atoms with Crippen molar-refractivity contribution in [1.29, 1.82) is 0 Å². The van der Waals surface area contributed by atoms with Crippen LogP contribution in [0.4, 0.5) is 21.5 Å². The first-order valence-electron chi connectivity index (χ1n) is 6.27. The largest absolute Gasteiger partial charge is 0.495 e. The van der Waals surface area contributed by atoms with Gasteiger partial charge in [0.15, 0.2) is 0 Å². The van der Waals surface area contributed by atoms with E-state index in [2.05, 4.69) is 5.32 Å². The van der Waals surface area contributed by atoms with Crippen LogP contribution in [0.5, 0.6) is 11.5 Å². The Kier molecular flexibility index (Phi) is 4.30. The molecule has 0 saturated carbocycles. The topological polar surface area (TPSA) is 56.5 Å². The maximum atomic E-state index is 13.9. The Morgan fingerprint density at radius 2 is 2.05 bits per heavy atom. The Balaban J connectivity index is 2.27. The van der Waals surface area contributed by atoms with E-state index >= 15 is 0 Å². The lowest BCUT2D eigenvalue weighted by molar-refractivity contribution is 0.340. The van der Waals surface area contributed by atoms with Crippen LogP contribution in [-0.2, 0) is 0 Å². The fourth-order valence-corrected chi connectivity index (χ4v) is 1.83. The lowest BCUT2D eigenvalue weighted by atomic mass is 10.2. The summed E-state index contributed by atoms with van der Waals surface area (Å²) in [5.74, 6) is 0.709. The molecule has 0 amide bonds. The third kappa shape index (κ3) is 3.12. The molecule has 0 heterocycles. The van der Waals surface area contributed by atoms with Crippen LogP contribution in [0.2, 0.25) is 0 Å². The number of benzene rings is 2. The zero-order valence-electron chi connectivity index (χ0n) is 11.4. The van der Waals surface area contributed by atoms with E-state index in [4.69, 9.17) is 15.2 Å². The Bertz CT molecular complexity index is 602. The van der Waals surface area contributed by atoms with Gasteiger partial charge in [0.2, 0.25) is 0 Å². The quantitative estimate of drug-likeness (QED) is 0.820. The van der Waals surface area contributed by atoms with Crippen molar-refractivity contribution in [2.75, 3.05) is 24.8 Å². The number of halogens is 1. The summed E-state index contributed by atoms with van der Waals surface area (Å²) in [5.41, 5.74) is 6.93. The molecule has 0 fully saturated rings. The van der Waals surface area contributed by atoms with Gasteiger partial charge in [-0.15, -0.1) is 0 Å². The molecule has 0 bridgehead atoms. The summed E-state index contributed by atoms with van der Waals surface area (Å²) in [6.07, 6.45) is 0. The Labute approximate surface area is 117 Å². The monoisotopic (exact) mass is 276 g/mol. The van der Waals surface area contributed by atoms with Crippen molar-refractivity contribution >= 4 is 17.1 Å². The van der Waals surface area contributed by atoms with E-state index in [0.717, 1.165) is 11.4 Å². The third-order valence-electron chi connectivity index (χ3n) is 2.74. The highest BCUT2D eigenvalue weighted by molar-refractivity contribution is 5.68. The van der Waals surface area contributed by atoms with E-state index in [9.17, 15) is 4.39 Å². The summed E-state index contributed by atoms with van der Waals surface area (Å²) in [5, 5.41) is 2.98. The maximum Gasteiger partial charge on any atom is 0.148 e. The number of anilines is 3. The van der Waals surface area contributed by atoms with Crippen molar-refractivity contribution in [3.8, 4) is 11.5 Å². The van der Waals surface area contributed by atoms with Crippen molar-refractivity contribution in [1.82, 2.24) is 0 Å². The zero-order chi connectivity index (χ0) is 14.5. The minimum absolute atomic E-state index is 0.263. The second kappa shape index (κ2) is 6.14. The van der Waals surface area contributed by atoms with Gasteiger partial charge in [-0.3, -0.25) is 0 Å². The fourth-order valence-electron chi connectivity index (χ4n) is 1.83. The minimum atomic E-state index is -0.440. The van der Waals surface area contributed by atoms with Gasteiger partial charge in [0.05, 0.1) is 25.1 Å². The Hall–Kier alpha value is -2.43. The standard InChI is InChI=1S/C15H17FN2O2/c1-3-20-11-6-4-5-10(7-11)18-14-9-15(19-2)13(17)8-12(14)16/h4-9,18H,3,17H2,1-2H3. The van der Waals surface area contributed by atoms with Crippen LogP contribution in [-0.4, -0.2) is 13.7 Å². The lowest BCUT2D eigenvalue weighted by Crippen LogP contribution is -1.99. The normalized spacial score (nSPS) is 10.2. The van der Waals surface area contributed by atoms with Gasteiger partial charge in [-0.25, -0.2) is 4.39 Å². The van der Waals surface area contributed by atoms with E-state index in [0.29, 0.717) is 18.0 Å². The van der Waals surface area contributed by atoms with Crippen molar-refractivity contribution < 1.29 is 13.9 Å². The highest BCUT2D eigenvalue weighted by Gasteiger charge is 2.09. The van der Waals surface area contributed by atoms with E-state index in [1.807, 2.05) is 25.1 Å². The van der Waals surface area contributed by atoms with Gasteiger partial charge in [0.25, 0.3) is 0 Å². The number of hydrogen-bond donors (Lipinski definition) is 2. The maximum absolute atomic E-state index is 13.9. The molecule has 20 heavy (non-hydrogen) atoms. The second-order valence-electron chi connectivity index (χ2n) is 4.16. The number of hydrogen-bond acceptors (Lipinski definition) is 4. The van der Waals surface area contributed by atoms with Crippen LogP contribution in [0.25, 0.3) is 0 Å². The van der Waals surface area contributed by atoms with Crippen molar-refractivity contribution in [2.24, 2.45) is 0 Å². The Morgan fingerprint density at radius 1 is 1.25 bits per heavy atom. The average Bonchev–Trinajstić information content (AvgIpc) is 2.43. The summed E-state index contributed by atoms with van der Waals surface area (Å²) in [6, 6.07) is 10.1. The van der Waals surface area contributed by atoms with Gasteiger partial charge >= 0.3 is 0 Å². The van der Waals surface area contributed by atoms with Crippen molar-refractivity contribution in [2.45, 2.75) is 6.92 Å². The molecule has 0 radical (unpaired) electrons. The number of rotatable bonds is 5. The van der Waals surface area contributed by atoms with Gasteiger partial charge in [-0.1, -0.05) is 6.07 Å². The lowest BCUT2D eigenvalue weighted by Gasteiger charge is -2.12. The molecule has 0 aliphatic heterocycles. The first-order valence-corrected chi connectivity index (χ1v) is 6.27. The van der Waals surface area contributed by atoms with Gasteiger partial charge in [0, 0.05) is 23.9 Å². The molecule has 2 aromatic rings. The Morgan fingerprint density at radius 3 is 2.75 bits per heavy atom. The molecule has 4 nitrogen and oxygen atoms in total. The van der Waals surface area contributed by atoms with Gasteiger partial charge in [-0.2, -0.15) is 0 Å². The van der Waals surface area contributed by atoms with E-state index in [1.54, 1.807) is 6.07 Å². The number of methoxy groups -OCH3 is 1. The highest BCUT2D eigenvalue weighted by Crippen LogP contribution is 2.30. The molecule has 106 valence electrons. The van der Waals surface area contributed by atoms with Crippen LogP contribution < -0.4 is 20.5 Å². The molecule has 0 aliphatic rings. The number of nitrogens with one attached hydrogen (secondary N) is 1. The molecule has 5 heteroatoms. The van der Waals surface area contributed by atoms with Crippen LogP contribution in [0.1, 0.15) is 6.92 Å². The molecule has 0 aromatic heterocycles. The average molecular weight is 276 g/mol. The SMILES string of the molecule is CCOc1cccc(Nc2cc(OC)c(N)cc2F)c1.